The van der Waals surface area contributed by atoms with E-state index >= 15 is 0 Å². The summed E-state index contributed by atoms with van der Waals surface area (Å²) in [6.07, 6.45) is 3.15. The quantitative estimate of drug-likeness (QED) is 0.667. The average molecular weight is 339 g/mol. The minimum absolute atomic E-state index is 0.211. The van der Waals surface area contributed by atoms with Gasteiger partial charge in [0.05, 0.1) is 11.3 Å². The number of anilines is 1. The molecule has 5 heteroatoms. The van der Waals surface area contributed by atoms with Gasteiger partial charge in [-0.2, -0.15) is 0 Å². The van der Waals surface area contributed by atoms with Crippen molar-refractivity contribution in [2.75, 3.05) is 5.43 Å². The molecule has 0 radical (unpaired) electrons. The zero-order chi connectivity index (χ0) is 12.1. The molecule has 1 aromatic heterocycles. The van der Waals surface area contributed by atoms with Gasteiger partial charge < -0.3 is 0 Å². The minimum atomic E-state index is -0.211. The number of carbonyl (C=O) groups is 1. The lowest BCUT2D eigenvalue weighted by Crippen LogP contribution is -2.29. The van der Waals surface area contributed by atoms with E-state index in [0.717, 1.165) is 9.26 Å². The van der Waals surface area contributed by atoms with Crippen molar-refractivity contribution in [3.05, 3.63) is 57.9 Å². The molecule has 0 atom stereocenters. The highest BCUT2D eigenvalue weighted by atomic mass is 127. The fourth-order valence-corrected chi connectivity index (χ4v) is 1.59. The number of hydrogen-bond acceptors (Lipinski definition) is 3. The van der Waals surface area contributed by atoms with Gasteiger partial charge in [0.25, 0.3) is 5.91 Å². The number of rotatable bonds is 3. The zero-order valence-electron chi connectivity index (χ0n) is 8.85. The van der Waals surface area contributed by atoms with Crippen molar-refractivity contribution in [1.82, 2.24) is 10.4 Å². The van der Waals surface area contributed by atoms with Crippen LogP contribution in [0.5, 0.6) is 0 Å². The van der Waals surface area contributed by atoms with Crippen LogP contribution < -0.4 is 10.9 Å². The first-order chi connectivity index (χ1) is 8.25. The normalized spacial score (nSPS) is 9.71. The van der Waals surface area contributed by atoms with Crippen molar-refractivity contribution < 1.29 is 4.79 Å². The molecule has 1 heterocycles. The van der Waals surface area contributed by atoms with E-state index in [1.165, 1.54) is 6.20 Å². The van der Waals surface area contributed by atoms with Crippen molar-refractivity contribution in [1.29, 1.82) is 0 Å². The number of pyridine rings is 1. The highest BCUT2D eigenvalue weighted by molar-refractivity contribution is 14.1. The van der Waals surface area contributed by atoms with Gasteiger partial charge in [0.2, 0.25) is 0 Å². The van der Waals surface area contributed by atoms with E-state index in [4.69, 9.17) is 0 Å². The number of nitrogens with one attached hydrogen (secondary N) is 2. The molecular weight excluding hydrogens is 329 g/mol. The molecule has 2 rings (SSSR count). The summed E-state index contributed by atoms with van der Waals surface area (Å²) in [5.74, 6) is -0.211. The molecule has 0 saturated heterocycles. The summed E-state index contributed by atoms with van der Waals surface area (Å²) in [5.41, 5.74) is 6.80. The van der Waals surface area contributed by atoms with Crippen LogP contribution in [-0.2, 0) is 0 Å². The first-order valence-electron chi connectivity index (χ1n) is 4.97. The second-order valence-electron chi connectivity index (χ2n) is 3.33. The third kappa shape index (κ3) is 3.42. The van der Waals surface area contributed by atoms with Crippen LogP contribution in [0, 0.1) is 3.57 Å². The zero-order valence-corrected chi connectivity index (χ0v) is 11.0. The van der Waals surface area contributed by atoms with Crippen LogP contribution in [0.25, 0.3) is 0 Å². The lowest BCUT2D eigenvalue weighted by molar-refractivity contribution is 0.0962. The maximum atomic E-state index is 11.7. The van der Waals surface area contributed by atoms with Gasteiger partial charge in [0.15, 0.2) is 0 Å². The van der Waals surface area contributed by atoms with Gasteiger partial charge in [-0.3, -0.25) is 20.6 Å². The number of halogens is 1. The van der Waals surface area contributed by atoms with Gasteiger partial charge in [-0.05, 0) is 59.0 Å². The van der Waals surface area contributed by atoms with Gasteiger partial charge in [-0.25, -0.2) is 0 Å². The Morgan fingerprint density at radius 1 is 1.18 bits per heavy atom. The standard InChI is InChI=1S/C12H10IN3O/c13-10-3-5-11(6-4-10)15-16-12(17)9-2-1-7-14-8-9/h1-8,15H,(H,16,17). The molecule has 1 aromatic carbocycles. The average Bonchev–Trinajstić information content (AvgIpc) is 2.39. The van der Waals surface area contributed by atoms with Crippen LogP contribution >= 0.6 is 22.6 Å². The summed E-state index contributed by atoms with van der Waals surface area (Å²) in [7, 11) is 0. The number of benzene rings is 1. The van der Waals surface area contributed by atoms with Crippen LogP contribution in [0.2, 0.25) is 0 Å². The molecule has 0 unspecified atom stereocenters. The lowest BCUT2D eigenvalue weighted by Gasteiger charge is -2.08. The maximum Gasteiger partial charge on any atom is 0.271 e. The smallest absolute Gasteiger partial charge is 0.271 e. The Labute approximate surface area is 113 Å². The summed E-state index contributed by atoms with van der Waals surface area (Å²) < 4.78 is 1.15. The number of amides is 1. The van der Waals surface area contributed by atoms with E-state index in [2.05, 4.69) is 38.4 Å². The van der Waals surface area contributed by atoms with Crippen molar-refractivity contribution in [2.24, 2.45) is 0 Å². The van der Waals surface area contributed by atoms with Crippen LogP contribution in [0.3, 0.4) is 0 Å². The predicted molar refractivity (Wildman–Crippen MR) is 74.5 cm³/mol. The summed E-state index contributed by atoms with van der Waals surface area (Å²) in [5, 5.41) is 0. The largest absolute Gasteiger partial charge is 0.298 e. The Balaban J connectivity index is 1.95. The highest BCUT2D eigenvalue weighted by Gasteiger charge is 2.03. The van der Waals surface area contributed by atoms with Crippen LogP contribution in [-0.4, -0.2) is 10.9 Å². The van der Waals surface area contributed by atoms with Crippen molar-refractivity contribution in [2.45, 2.75) is 0 Å². The molecular formula is C12H10IN3O. The van der Waals surface area contributed by atoms with E-state index in [1.807, 2.05) is 24.3 Å². The molecule has 0 aliphatic carbocycles. The van der Waals surface area contributed by atoms with Crippen LogP contribution in [0.1, 0.15) is 10.4 Å². The number of carbonyl (C=O) groups excluding carboxylic acids is 1. The van der Waals surface area contributed by atoms with Crippen molar-refractivity contribution in [3.8, 4) is 0 Å². The van der Waals surface area contributed by atoms with Gasteiger partial charge in [0.1, 0.15) is 0 Å². The molecule has 0 spiro atoms. The van der Waals surface area contributed by atoms with Gasteiger partial charge in [0, 0.05) is 16.0 Å². The third-order valence-corrected chi connectivity index (χ3v) is 2.81. The van der Waals surface area contributed by atoms with E-state index in [9.17, 15) is 4.79 Å². The molecule has 1 amide bonds. The van der Waals surface area contributed by atoms with E-state index in [1.54, 1.807) is 18.3 Å². The Morgan fingerprint density at radius 3 is 2.59 bits per heavy atom. The van der Waals surface area contributed by atoms with Gasteiger partial charge >= 0.3 is 0 Å². The predicted octanol–water partition coefficient (Wildman–Crippen LogP) is 2.44. The molecule has 2 aromatic rings. The van der Waals surface area contributed by atoms with Crippen LogP contribution in [0.4, 0.5) is 5.69 Å². The molecule has 0 bridgehead atoms. The van der Waals surface area contributed by atoms with Gasteiger partial charge in [-0.1, -0.05) is 0 Å². The maximum absolute atomic E-state index is 11.7. The SMILES string of the molecule is O=C(NNc1ccc(I)cc1)c1cccnc1. The highest BCUT2D eigenvalue weighted by Crippen LogP contribution is 2.10. The topological polar surface area (TPSA) is 54.0 Å². The van der Waals surface area contributed by atoms with E-state index in [0.29, 0.717) is 5.56 Å². The molecule has 0 saturated carbocycles. The second kappa shape index (κ2) is 5.62. The molecule has 0 aliphatic rings. The van der Waals surface area contributed by atoms with Crippen molar-refractivity contribution >= 4 is 34.2 Å². The number of hydrogen-bond donors (Lipinski definition) is 2. The Kier molecular flexibility index (Phi) is 3.92. The fraction of sp³-hybridized carbons (Fsp3) is 0. The Hall–Kier alpha value is -1.63. The molecule has 0 aliphatic heterocycles. The second-order valence-corrected chi connectivity index (χ2v) is 4.57. The third-order valence-electron chi connectivity index (χ3n) is 2.09. The monoisotopic (exact) mass is 339 g/mol. The lowest BCUT2D eigenvalue weighted by atomic mass is 10.3. The minimum Gasteiger partial charge on any atom is -0.298 e. The Bertz CT molecular complexity index is 499. The fourth-order valence-electron chi connectivity index (χ4n) is 1.23. The first kappa shape index (κ1) is 11.8. The molecule has 86 valence electrons. The molecule has 2 N–H and O–H groups in total. The van der Waals surface area contributed by atoms with Crippen molar-refractivity contribution in [3.63, 3.8) is 0 Å². The molecule has 17 heavy (non-hydrogen) atoms. The number of nitrogens with zero attached hydrogens (tertiary/aromatic N) is 1. The summed E-state index contributed by atoms with van der Waals surface area (Å²) in [6, 6.07) is 11.1. The summed E-state index contributed by atoms with van der Waals surface area (Å²) in [4.78, 5) is 15.6. The number of aromatic nitrogens is 1. The van der Waals surface area contributed by atoms with E-state index < -0.39 is 0 Å². The molecule has 4 nitrogen and oxygen atoms in total. The summed E-state index contributed by atoms with van der Waals surface area (Å²) >= 11 is 2.22. The molecule has 0 fully saturated rings. The number of hydrazine groups is 1. The summed E-state index contributed by atoms with van der Waals surface area (Å²) in [6.45, 7) is 0. The van der Waals surface area contributed by atoms with E-state index in [-0.39, 0.29) is 5.91 Å². The Morgan fingerprint density at radius 2 is 1.94 bits per heavy atom. The first-order valence-corrected chi connectivity index (χ1v) is 6.05. The van der Waals surface area contributed by atoms with Crippen LogP contribution in [0.15, 0.2) is 48.8 Å². The van der Waals surface area contributed by atoms with Gasteiger partial charge in [-0.15, -0.1) is 0 Å².